The van der Waals surface area contributed by atoms with E-state index in [1.165, 1.54) is 37.8 Å². The normalized spacial score (nSPS) is 41.3. The summed E-state index contributed by atoms with van der Waals surface area (Å²) in [5, 5.41) is 3.88. The smallest absolute Gasteiger partial charge is 0.0309 e. The van der Waals surface area contributed by atoms with Crippen molar-refractivity contribution in [3.63, 3.8) is 0 Å². The molecule has 108 valence electrons. The maximum atomic E-state index is 3.88. The molecule has 19 heavy (non-hydrogen) atoms. The fourth-order valence-corrected chi connectivity index (χ4v) is 5.64. The predicted octanol–water partition coefficient (Wildman–Crippen LogP) is 4.54. The second-order valence-corrected chi connectivity index (χ2v) is 7.96. The molecule has 0 aromatic heterocycles. The van der Waals surface area contributed by atoms with Gasteiger partial charge in [0.25, 0.3) is 0 Å². The summed E-state index contributed by atoms with van der Waals surface area (Å²) in [6, 6.07) is 0.644. The zero-order valence-electron chi connectivity index (χ0n) is 13.0. The van der Waals surface area contributed by atoms with Crippen LogP contribution in [0.25, 0.3) is 0 Å². The quantitative estimate of drug-likeness (QED) is 0.717. The first-order valence-electron chi connectivity index (χ1n) is 8.49. The van der Waals surface area contributed by atoms with Gasteiger partial charge in [0.15, 0.2) is 0 Å². The van der Waals surface area contributed by atoms with E-state index in [4.69, 9.17) is 0 Å². The van der Waals surface area contributed by atoms with Crippen molar-refractivity contribution in [2.75, 3.05) is 6.54 Å². The van der Waals surface area contributed by atoms with Crippen LogP contribution < -0.4 is 5.32 Å². The van der Waals surface area contributed by atoms with Gasteiger partial charge in [-0.1, -0.05) is 18.6 Å². The predicted molar refractivity (Wildman–Crippen MR) is 82.1 cm³/mol. The topological polar surface area (TPSA) is 12.0 Å². The maximum Gasteiger partial charge on any atom is 0.0309 e. The van der Waals surface area contributed by atoms with Crippen molar-refractivity contribution in [3.8, 4) is 0 Å². The molecule has 1 unspecified atom stereocenters. The average molecular weight is 261 g/mol. The summed E-state index contributed by atoms with van der Waals surface area (Å²) < 4.78 is 0. The highest BCUT2D eigenvalue weighted by Gasteiger charge is 2.53. The first-order valence-corrected chi connectivity index (χ1v) is 8.49. The molecule has 0 heterocycles. The molecule has 4 aliphatic carbocycles. The van der Waals surface area contributed by atoms with Crippen LogP contribution in [0, 0.1) is 23.2 Å². The maximum absolute atomic E-state index is 3.88. The molecule has 1 heteroatoms. The number of hydrogen-bond acceptors (Lipinski definition) is 1. The Labute approximate surface area is 119 Å². The summed E-state index contributed by atoms with van der Waals surface area (Å²) in [7, 11) is 0. The monoisotopic (exact) mass is 261 g/mol. The molecule has 0 saturated heterocycles. The van der Waals surface area contributed by atoms with Crippen molar-refractivity contribution in [1.82, 2.24) is 5.32 Å². The lowest BCUT2D eigenvalue weighted by Crippen LogP contribution is -2.55. The molecular weight excluding hydrogens is 230 g/mol. The van der Waals surface area contributed by atoms with Gasteiger partial charge in [-0.15, -0.1) is 0 Å². The SMILES string of the molecule is CCCNC(C=C(C)C)C12CC3CC(CC(C3)C1)C2. The molecule has 1 nitrogen and oxygen atoms in total. The van der Waals surface area contributed by atoms with Gasteiger partial charge in [0.2, 0.25) is 0 Å². The van der Waals surface area contributed by atoms with Gasteiger partial charge in [-0.25, -0.2) is 0 Å². The fraction of sp³-hybridized carbons (Fsp3) is 0.889. The lowest BCUT2D eigenvalue weighted by atomic mass is 9.47. The van der Waals surface area contributed by atoms with Crippen LogP contribution in [0.4, 0.5) is 0 Å². The van der Waals surface area contributed by atoms with E-state index < -0.39 is 0 Å². The Hall–Kier alpha value is -0.300. The number of hydrogen-bond donors (Lipinski definition) is 1. The lowest BCUT2D eigenvalue weighted by molar-refractivity contribution is -0.0650. The van der Waals surface area contributed by atoms with Gasteiger partial charge >= 0.3 is 0 Å². The molecule has 4 rings (SSSR count). The van der Waals surface area contributed by atoms with Crippen LogP contribution >= 0.6 is 0 Å². The summed E-state index contributed by atoms with van der Waals surface area (Å²) in [6.07, 6.45) is 13.0. The van der Waals surface area contributed by atoms with Gasteiger partial charge in [-0.05, 0) is 88.5 Å². The Morgan fingerprint density at radius 2 is 1.63 bits per heavy atom. The van der Waals surface area contributed by atoms with Crippen LogP contribution in [0.3, 0.4) is 0 Å². The number of rotatable bonds is 5. The van der Waals surface area contributed by atoms with E-state index in [2.05, 4.69) is 32.2 Å². The molecule has 1 atom stereocenters. The molecule has 4 fully saturated rings. The van der Waals surface area contributed by atoms with Gasteiger partial charge in [0.05, 0.1) is 0 Å². The van der Waals surface area contributed by atoms with E-state index in [1.807, 2.05) is 0 Å². The minimum atomic E-state index is 0.612. The first-order chi connectivity index (χ1) is 9.11. The van der Waals surface area contributed by atoms with Gasteiger partial charge in [-0.2, -0.15) is 0 Å². The summed E-state index contributed by atoms with van der Waals surface area (Å²) in [5.41, 5.74) is 2.10. The Kier molecular flexibility index (Phi) is 3.77. The van der Waals surface area contributed by atoms with Gasteiger partial charge in [0.1, 0.15) is 0 Å². The fourth-order valence-electron chi connectivity index (χ4n) is 5.64. The highest BCUT2D eigenvalue weighted by Crippen LogP contribution is 2.61. The second-order valence-electron chi connectivity index (χ2n) is 7.96. The van der Waals surface area contributed by atoms with E-state index >= 15 is 0 Å². The molecule has 0 aromatic carbocycles. The highest BCUT2D eigenvalue weighted by atomic mass is 14.9. The van der Waals surface area contributed by atoms with E-state index in [-0.39, 0.29) is 0 Å². The lowest BCUT2D eigenvalue weighted by Gasteiger charge is -2.59. The summed E-state index contributed by atoms with van der Waals surface area (Å²) in [5.74, 6) is 3.17. The first kappa shape index (κ1) is 13.7. The van der Waals surface area contributed by atoms with Crippen LogP contribution in [0.5, 0.6) is 0 Å². The van der Waals surface area contributed by atoms with Crippen molar-refractivity contribution in [3.05, 3.63) is 11.6 Å². The Morgan fingerprint density at radius 1 is 1.11 bits per heavy atom. The molecule has 0 radical (unpaired) electrons. The van der Waals surface area contributed by atoms with Crippen molar-refractivity contribution in [1.29, 1.82) is 0 Å². The third kappa shape index (κ3) is 2.63. The van der Waals surface area contributed by atoms with Crippen molar-refractivity contribution in [2.24, 2.45) is 23.2 Å². The molecule has 4 aliphatic rings. The summed E-state index contributed by atoms with van der Waals surface area (Å²) in [4.78, 5) is 0. The van der Waals surface area contributed by atoms with Crippen molar-refractivity contribution < 1.29 is 0 Å². The molecule has 4 saturated carbocycles. The van der Waals surface area contributed by atoms with Crippen LogP contribution in [0.2, 0.25) is 0 Å². The molecule has 4 bridgehead atoms. The molecule has 0 spiro atoms. The van der Waals surface area contributed by atoms with E-state index in [1.54, 1.807) is 19.3 Å². The largest absolute Gasteiger partial charge is 0.310 e. The molecule has 1 N–H and O–H groups in total. The van der Waals surface area contributed by atoms with E-state index in [9.17, 15) is 0 Å². The molecular formula is C18H31N. The van der Waals surface area contributed by atoms with E-state index in [0.29, 0.717) is 11.5 Å². The standard InChI is InChI=1S/C18H31N/c1-4-5-19-17(6-13(2)3)18-10-14-7-15(11-18)9-16(8-14)12-18/h6,14-17,19H,4-5,7-12H2,1-3H3. The number of nitrogens with one attached hydrogen (secondary N) is 1. The van der Waals surface area contributed by atoms with Crippen LogP contribution in [0.1, 0.15) is 65.7 Å². The third-order valence-electron chi connectivity index (χ3n) is 5.86. The third-order valence-corrected chi connectivity index (χ3v) is 5.86. The molecule has 0 aliphatic heterocycles. The summed E-state index contributed by atoms with van der Waals surface area (Å²) in [6.45, 7) is 7.99. The molecule has 0 aromatic rings. The van der Waals surface area contributed by atoms with Crippen molar-refractivity contribution >= 4 is 0 Å². The van der Waals surface area contributed by atoms with Crippen molar-refractivity contribution in [2.45, 2.75) is 71.8 Å². The van der Waals surface area contributed by atoms with Gasteiger partial charge in [-0.3, -0.25) is 0 Å². The Morgan fingerprint density at radius 3 is 2.05 bits per heavy atom. The minimum absolute atomic E-state index is 0.612. The van der Waals surface area contributed by atoms with Crippen LogP contribution in [-0.4, -0.2) is 12.6 Å². The zero-order valence-corrected chi connectivity index (χ0v) is 13.0. The zero-order chi connectivity index (χ0) is 13.5. The highest BCUT2D eigenvalue weighted by molar-refractivity contribution is 5.14. The second kappa shape index (κ2) is 5.24. The molecule has 0 amide bonds. The Bertz CT molecular complexity index is 315. The van der Waals surface area contributed by atoms with Crippen LogP contribution in [0.15, 0.2) is 11.6 Å². The number of allylic oxidation sites excluding steroid dienone is 1. The van der Waals surface area contributed by atoms with Crippen LogP contribution in [-0.2, 0) is 0 Å². The van der Waals surface area contributed by atoms with E-state index in [0.717, 1.165) is 17.8 Å². The summed E-state index contributed by atoms with van der Waals surface area (Å²) >= 11 is 0. The van der Waals surface area contributed by atoms with Gasteiger partial charge in [0, 0.05) is 6.04 Å². The Balaban J connectivity index is 1.82. The van der Waals surface area contributed by atoms with Gasteiger partial charge < -0.3 is 5.32 Å². The average Bonchev–Trinajstić information content (AvgIpc) is 2.32. The minimum Gasteiger partial charge on any atom is -0.310 e.